The predicted molar refractivity (Wildman–Crippen MR) is 82.8 cm³/mol. The van der Waals surface area contributed by atoms with Gasteiger partial charge in [-0.3, -0.25) is 0 Å². The minimum Gasteiger partial charge on any atom is -0.326 e. The number of benzene rings is 1. The van der Waals surface area contributed by atoms with Gasteiger partial charge in [0.05, 0.1) is 4.90 Å². The highest BCUT2D eigenvalue weighted by molar-refractivity contribution is 7.89. The zero-order valence-electron chi connectivity index (χ0n) is 12.9. The second kappa shape index (κ2) is 7.87. The molecule has 0 heterocycles. The van der Waals surface area contributed by atoms with Crippen LogP contribution in [-0.2, 0) is 16.6 Å². The summed E-state index contributed by atoms with van der Waals surface area (Å²) in [6.45, 7) is 6.14. The maximum Gasteiger partial charge on any atom is 0.241 e. The van der Waals surface area contributed by atoms with E-state index in [9.17, 15) is 12.8 Å². The number of nitrogens with two attached hydrogens (primary N) is 1. The predicted octanol–water partition coefficient (Wildman–Crippen LogP) is 2.78. The van der Waals surface area contributed by atoms with E-state index in [2.05, 4.69) is 18.6 Å². The molecular formula is C15H25FN2O2S. The van der Waals surface area contributed by atoms with Gasteiger partial charge in [-0.05, 0) is 37.0 Å². The third kappa shape index (κ3) is 5.73. The van der Waals surface area contributed by atoms with E-state index in [0.29, 0.717) is 11.5 Å². The van der Waals surface area contributed by atoms with Crippen LogP contribution in [0.5, 0.6) is 0 Å². The van der Waals surface area contributed by atoms with Crippen molar-refractivity contribution in [2.75, 3.05) is 0 Å². The van der Waals surface area contributed by atoms with Crippen LogP contribution < -0.4 is 10.5 Å². The van der Waals surface area contributed by atoms with Gasteiger partial charge in [-0.1, -0.05) is 32.8 Å². The van der Waals surface area contributed by atoms with E-state index in [-0.39, 0.29) is 17.5 Å². The van der Waals surface area contributed by atoms with E-state index in [0.717, 1.165) is 25.3 Å². The molecule has 6 heteroatoms. The third-order valence-electron chi connectivity index (χ3n) is 3.31. The lowest BCUT2D eigenvalue weighted by atomic mass is 10.0. The first-order chi connectivity index (χ1) is 9.76. The molecule has 4 nitrogen and oxygen atoms in total. The highest BCUT2D eigenvalue weighted by Crippen LogP contribution is 2.18. The van der Waals surface area contributed by atoms with Gasteiger partial charge in [0.15, 0.2) is 0 Å². The fourth-order valence-corrected chi connectivity index (χ4v) is 3.71. The molecule has 21 heavy (non-hydrogen) atoms. The standard InChI is InChI=1S/C15H25FN2O2S/c1-11(2)5-4-6-12(3)18-21(19,20)15-9-14(16)8-7-13(15)10-17/h7-9,11-12,18H,4-6,10,17H2,1-3H3. The van der Waals surface area contributed by atoms with Crippen LogP contribution in [0.2, 0.25) is 0 Å². The van der Waals surface area contributed by atoms with Gasteiger partial charge >= 0.3 is 0 Å². The van der Waals surface area contributed by atoms with Crippen LogP contribution in [0.15, 0.2) is 23.1 Å². The Bertz CT molecular complexity index is 559. The van der Waals surface area contributed by atoms with Gasteiger partial charge in [0.25, 0.3) is 0 Å². The largest absolute Gasteiger partial charge is 0.326 e. The SMILES string of the molecule is CC(C)CCCC(C)NS(=O)(=O)c1cc(F)ccc1CN. The normalized spacial score (nSPS) is 13.6. The molecule has 0 amide bonds. The van der Waals surface area contributed by atoms with Gasteiger partial charge in [0.1, 0.15) is 5.82 Å². The molecule has 0 saturated heterocycles. The lowest BCUT2D eigenvalue weighted by Crippen LogP contribution is -2.33. The molecule has 1 aromatic rings. The van der Waals surface area contributed by atoms with Crippen molar-refractivity contribution in [1.29, 1.82) is 0 Å². The third-order valence-corrected chi connectivity index (χ3v) is 4.99. The Labute approximate surface area is 127 Å². The van der Waals surface area contributed by atoms with Gasteiger partial charge in [-0.2, -0.15) is 0 Å². The van der Waals surface area contributed by atoms with E-state index < -0.39 is 15.8 Å². The first-order valence-corrected chi connectivity index (χ1v) is 8.75. The van der Waals surface area contributed by atoms with Crippen LogP contribution in [0.25, 0.3) is 0 Å². The Hall–Kier alpha value is -0.980. The monoisotopic (exact) mass is 316 g/mol. The number of rotatable bonds is 8. The smallest absolute Gasteiger partial charge is 0.241 e. The van der Waals surface area contributed by atoms with E-state index in [1.165, 1.54) is 12.1 Å². The van der Waals surface area contributed by atoms with Gasteiger partial charge in [0, 0.05) is 12.6 Å². The first-order valence-electron chi connectivity index (χ1n) is 7.27. The molecule has 0 radical (unpaired) electrons. The van der Waals surface area contributed by atoms with Gasteiger partial charge in [-0.15, -0.1) is 0 Å². The van der Waals surface area contributed by atoms with Gasteiger partial charge < -0.3 is 5.73 Å². The topological polar surface area (TPSA) is 72.2 Å². The summed E-state index contributed by atoms with van der Waals surface area (Å²) in [5.41, 5.74) is 5.94. The Morgan fingerprint density at radius 1 is 1.24 bits per heavy atom. The summed E-state index contributed by atoms with van der Waals surface area (Å²) < 4.78 is 40.6. The molecule has 0 fully saturated rings. The van der Waals surface area contributed by atoms with Gasteiger partial charge in [0.2, 0.25) is 10.0 Å². The lowest BCUT2D eigenvalue weighted by Gasteiger charge is -2.16. The van der Waals surface area contributed by atoms with Crippen molar-refractivity contribution in [3.05, 3.63) is 29.6 Å². The molecule has 0 aliphatic rings. The molecule has 120 valence electrons. The summed E-state index contributed by atoms with van der Waals surface area (Å²) in [5, 5.41) is 0. The fraction of sp³-hybridized carbons (Fsp3) is 0.600. The van der Waals surface area contributed by atoms with Crippen molar-refractivity contribution in [3.63, 3.8) is 0 Å². The molecule has 1 atom stereocenters. The van der Waals surface area contributed by atoms with Crippen molar-refractivity contribution < 1.29 is 12.8 Å². The second-order valence-corrected chi connectivity index (χ2v) is 7.49. The van der Waals surface area contributed by atoms with Crippen molar-refractivity contribution in [3.8, 4) is 0 Å². The molecule has 0 aromatic heterocycles. The maximum atomic E-state index is 13.3. The van der Waals surface area contributed by atoms with Crippen molar-refractivity contribution >= 4 is 10.0 Å². The Morgan fingerprint density at radius 3 is 2.48 bits per heavy atom. The van der Waals surface area contributed by atoms with Crippen molar-refractivity contribution in [1.82, 2.24) is 4.72 Å². The molecule has 1 aromatic carbocycles. The number of halogens is 1. The summed E-state index contributed by atoms with van der Waals surface area (Å²) in [6.07, 6.45) is 2.76. The molecule has 0 aliphatic carbocycles. The number of sulfonamides is 1. The van der Waals surface area contributed by atoms with E-state index in [1.807, 2.05) is 6.92 Å². The Morgan fingerprint density at radius 2 is 1.90 bits per heavy atom. The molecule has 3 N–H and O–H groups in total. The Kier molecular flexibility index (Phi) is 6.77. The van der Waals surface area contributed by atoms with Crippen LogP contribution >= 0.6 is 0 Å². The van der Waals surface area contributed by atoms with Gasteiger partial charge in [-0.25, -0.2) is 17.5 Å². The molecule has 0 aliphatic heterocycles. The van der Waals surface area contributed by atoms with Crippen LogP contribution in [0.1, 0.15) is 45.6 Å². The summed E-state index contributed by atoms with van der Waals surface area (Å²) in [4.78, 5) is -0.0688. The van der Waals surface area contributed by atoms with Crippen molar-refractivity contribution in [2.24, 2.45) is 11.7 Å². The van der Waals surface area contributed by atoms with Crippen LogP contribution in [0.4, 0.5) is 4.39 Å². The first kappa shape index (κ1) is 18.1. The lowest BCUT2D eigenvalue weighted by molar-refractivity contribution is 0.488. The average molecular weight is 316 g/mol. The molecule has 0 spiro atoms. The molecule has 0 saturated carbocycles. The van der Waals surface area contributed by atoms with E-state index in [1.54, 1.807) is 0 Å². The zero-order valence-corrected chi connectivity index (χ0v) is 13.7. The number of hydrogen-bond acceptors (Lipinski definition) is 3. The highest BCUT2D eigenvalue weighted by Gasteiger charge is 2.21. The minimum absolute atomic E-state index is 0.0538. The summed E-state index contributed by atoms with van der Waals surface area (Å²) >= 11 is 0. The molecule has 1 unspecified atom stereocenters. The summed E-state index contributed by atoms with van der Waals surface area (Å²) in [6, 6.07) is 3.45. The second-order valence-electron chi connectivity index (χ2n) is 5.80. The molecule has 0 bridgehead atoms. The van der Waals surface area contributed by atoms with E-state index in [4.69, 9.17) is 5.73 Å². The van der Waals surface area contributed by atoms with E-state index >= 15 is 0 Å². The number of hydrogen-bond donors (Lipinski definition) is 2. The molecular weight excluding hydrogens is 291 g/mol. The fourth-order valence-electron chi connectivity index (χ4n) is 2.17. The van der Waals surface area contributed by atoms with Crippen LogP contribution in [0, 0.1) is 11.7 Å². The quantitative estimate of drug-likeness (QED) is 0.774. The summed E-state index contributed by atoms with van der Waals surface area (Å²) in [5.74, 6) is 0.0147. The zero-order chi connectivity index (χ0) is 16.0. The highest BCUT2D eigenvalue weighted by atomic mass is 32.2. The van der Waals surface area contributed by atoms with Crippen LogP contribution in [0.3, 0.4) is 0 Å². The minimum atomic E-state index is -3.75. The molecule has 1 rings (SSSR count). The number of nitrogens with one attached hydrogen (secondary N) is 1. The van der Waals surface area contributed by atoms with Crippen LogP contribution in [-0.4, -0.2) is 14.5 Å². The maximum absolute atomic E-state index is 13.3. The van der Waals surface area contributed by atoms with Crippen molar-refractivity contribution in [2.45, 2.75) is 57.5 Å². The average Bonchev–Trinajstić information content (AvgIpc) is 2.37. The summed E-state index contributed by atoms with van der Waals surface area (Å²) in [7, 11) is -3.75. The Balaban J connectivity index is 2.79.